The fourth-order valence-corrected chi connectivity index (χ4v) is 2.12. The van der Waals surface area contributed by atoms with Crippen LogP contribution in [0.2, 0.25) is 0 Å². The molecule has 18 heavy (non-hydrogen) atoms. The Morgan fingerprint density at radius 3 is 2.44 bits per heavy atom. The highest BCUT2D eigenvalue weighted by molar-refractivity contribution is 7.85. The van der Waals surface area contributed by atoms with E-state index < -0.39 is 10.1 Å². The molecule has 0 spiro atoms. The van der Waals surface area contributed by atoms with E-state index >= 15 is 0 Å². The van der Waals surface area contributed by atoms with Crippen LogP contribution in [0.3, 0.4) is 0 Å². The molecule has 7 heteroatoms. The average Bonchev–Trinajstić information content (AvgIpc) is 2.25. The number of rotatable bonds is 2. The zero-order valence-electron chi connectivity index (χ0n) is 9.71. The van der Waals surface area contributed by atoms with Crippen LogP contribution in [0.1, 0.15) is 23.1 Å². The van der Waals surface area contributed by atoms with Crippen LogP contribution in [0.25, 0.3) is 11.0 Å². The predicted octanol–water partition coefficient (Wildman–Crippen LogP) is 1.39. The van der Waals surface area contributed by atoms with Crippen molar-refractivity contribution in [3.63, 3.8) is 0 Å². The molecular formula is C11H10N2O4S. The lowest BCUT2D eigenvalue weighted by Crippen LogP contribution is -2.04. The number of hydrogen-bond donors (Lipinski definition) is 1. The third-order valence-electron chi connectivity index (χ3n) is 2.44. The molecule has 0 amide bonds. The molecule has 0 saturated heterocycles. The van der Waals surface area contributed by atoms with Crippen LogP contribution < -0.4 is 0 Å². The summed E-state index contributed by atoms with van der Waals surface area (Å²) in [6, 6.07) is 3.85. The number of aromatic nitrogens is 2. The van der Waals surface area contributed by atoms with Gasteiger partial charge in [0.15, 0.2) is 5.78 Å². The van der Waals surface area contributed by atoms with Gasteiger partial charge in [0.05, 0.1) is 21.6 Å². The first-order chi connectivity index (χ1) is 8.29. The van der Waals surface area contributed by atoms with E-state index in [2.05, 4.69) is 9.97 Å². The van der Waals surface area contributed by atoms with Crippen molar-refractivity contribution in [2.75, 3.05) is 0 Å². The van der Waals surface area contributed by atoms with E-state index in [9.17, 15) is 13.2 Å². The number of carbonyl (C=O) groups excluding carboxylic acids is 1. The van der Waals surface area contributed by atoms with Gasteiger partial charge in [-0.1, -0.05) is 0 Å². The van der Waals surface area contributed by atoms with Gasteiger partial charge in [-0.25, -0.2) is 9.97 Å². The monoisotopic (exact) mass is 266 g/mol. The molecule has 94 valence electrons. The van der Waals surface area contributed by atoms with E-state index in [1.165, 1.54) is 25.1 Å². The molecule has 1 heterocycles. The first-order valence-electron chi connectivity index (χ1n) is 5.06. The van der Waals surface area contributed by atoms with E-state index in [0.717, 1.165) is 0 Å². The summed E-state index contributed by atoms with van der Waals surface area (Å²) in [6.07, 6.45) is 0. The van der Waals surface area contributed by atoms with Crippen molar-refractivity contribution in [3.8, 4) is 0 Å². The molecule has 0 radical (unpaired) electrons. The van der Waals surface area contributed by atoms with Crippen molar-refractivity contribution in [1.29, 1.82) is 0 Å². The Morgan fingerprint density at radius 1 is 1.22 bits per heavy atom. The van der Waals surface area contributed by atoms with Gasteiger partial charge in [-0.15, -0.1) is 0 Å². The van der Waals surface area contributed by atoms with Crippen LogP contribution in [-0.2, 0) is 10.1 Å². The van der Waals surface area contributed by atoms with Crippen LogP contribution in [0.15, 0.2) is 23.1 Å². The van der Waals surface area contributed by atoms with Gasteiger partial charge in [0.2, 0.25) is 0 Å². The molecule has 1 aromatic carbocycles. The Balaban J connectivity index is 2.77. The van der Waals surface area contributed by atoms with Crippen molar-refractivity contribution >= 4 is 26.9 Å². The van der Waals surface area contributed by atoms with Crippen LogP contribution in [0.5, 0.6) is 0 Å². The molecule has 0 aliphatic carbocycles. The second kappa shape index (κ2) is 4.11. The van der Waals surface area contributed by atoms with Gasteiger partial charge >= 0.3 is 0 Å². The van der Waals surface area contributed by atoms with Gasteiger partial charge in [-0.05, 0) is 25.1 Å². The minimum atomic E-state index is -4.29. The molecule has 0 bridgehead atoms. The van der Waals surface area contributed by atoms with Crippen LogP contribution in [0, 0.1) is 6.92 Å². The number of fused-ring (bicyclic) bond motifs is 1. The van der Waals surface area contributed by atoms with Gasteiger partial charge < -0.3 is 0 Å². The molecule has 0 saturated carbocycles. The number of ketones is 1. The summed E-state index contributed by atoms with van der Waals surface area (Å²) in [6.45, 7) is 3.01. The molecule has 0 fully saturated rings. The first-order valence-corrected chi connectivity index (χ1v) is 6.50. The van der Waals surface area contributed by atoms with Crippen molar-refractivity contribution in [3.05, 3.63) is 29.6 Å². The second-order valence-electron chi connectivity index (χ2n) is 3.84. The van der Waals surface area contributed by atoms with E-state index in [1.807, 2.05) is 0 Å². The zero-order chi connectivity index (χ0) is 13.5. The van der Waals surface area contributed by atoms with Gasteiger partial charge in [0, 0.05) is 6.92 Å². The summed E-state index contributed by atoms with van der Waals surface area (Å²) in [5.41, 5.74) is 1.38. The Kier molecular flexibility index (Phi) is 2.88. The van der Waals surface area contributed by atoms with Gasteiger partial charge in [0.1, 0.15) is 5.69 Å². The Morgan fingerprint density at radius 2 is 1.89 bits per heavy atom. The fraction of sp³-hybridized carbons (Fsp3) is 0.182. The highest BCUT2D eigenvalue weighted by Gasteiger charge is 2.13. The SMILES string of the molecule is CC(=O)c1nc2cc(S(=O)(=O)O)ccc2nc1C. The normalized spacial score (nSPS) is 11.7. The molecule has 0 aliphatic heterocycles. The number of aryl methyl sites for hydroxylation is 1. The van der Waals surface area contributed by atoms with E-state index in [-0.39, 0.29) is 21.9 Å². The summed E-state index contributed by atoms with van der Waals surface area (Å²) in [4.78, 5) is 19.3. The van der Waals surface area contributed by atoms with Gasteiger partial charge in [-0.2, -0.15) is 8.42 Å². The standard InChI is InChI=1S/C11H10N2O4S/c1-6-11(7(2)14)13-10-5-8(18(15,16)17)3-4-9(10)12-6/h3-5H,1-2H3,(H,15,16,17). The molecule has 0 aliphatic rings. The quantitative estimate of drug-likeness (QED) is 0.651. The van der Waals surface area contributed by atoms with Crippen LogP contribution >= 0.6 is 0 Å². The number of nitrogens with zero attached hydrogens (tertiary/aromatic N) is 2. The van der Waals surface area contributed by atoms with E-state index in [1.54, 1.807) is 6.92 Å². The number of Topliss-reactive ketones (excluding diaryl/α,β-unsaturated/α-hetero) is 1. The highest BCUT2D eigenvalue weighted by Crippen LogP contribution is 2.17. The van der Waals surface area contributed by atoms with Gasteiger partial charge in [-0.3, -0.25) is 9.35 Å². The predicted molar refractivity (Wildman–Crippen MR) is 64.1 cm³/mol. The maximum Gasteiger partial charge on any atom is 0.294 e. The summed E-state index contributed by atoms with van der Waals surface area (Å²) in [7, 11) is -4.29. The third-order valence-corrected chi connectivity index (χ3v) is 3.29. The van der Waals surface area contributed by atoms with Gasteiger partial charge in [0.25, 0.3) is 10.1 Å². The molecule has 6 nitrogen and oxygen atoms in total. The lowest BCUT2D eigenvalue weighted by Gasteiger charge is -2.04. The molecular weight excluding hydrogens is 256 g/mol. The van der Waals surface area contributed by atoms with Crippen molar-refractivity contribution in [1.82, 2.24) is 9.97 Å². The maximum absolute atomic E-state index is 11.3. The second-order valence-corrected chi connectivity index (χ2v) is 5.26. The number of carbonyl (C=O) groups is 1. The highest BCUT2D eigenvalue weighted by atomic mass is 32.2. The minimum absolute atomic E-state index is 0.190. The lowest BCUT2D eigenvalue weighted by molar-refractivity contribution is 0.101. The van der Waals surface area contributed by atoms with E-state index in [0.29, 0.717) is 11.2 Å². The van der Waals surface area contributed by atoms with Crippen molar-refractivity contribution in [2.45, 2.75) is 18.7 Å². The Hall–Kier alpha value is -1.86. The topological polar surface area (TPSA) is 97.2 Å². The molecule has 0 unspecified atom stereocenters. The number of benzene rings is 1. The largest absolute Gasteiger partial charge is 0.294 e. The zero-order valence-corrected chi connectivity index (χ0v) is 10.5. The average molecular weight is 266 g/mol. The molecule has 2 aromatic rings. The molecule has 2 rings (SSSR count). The maximum atomic E-state index is 11.3. The Labute approximate surface area is 103 Å². The van der Waals surface area contributed by atoms with Crippen LogP contribution in [-0.4, -0.2) is 28.7 Å². The van der Waals surface area contributed by atoms with Crippen molar-refractivity contribution < 1.29 is 17.8 Å². The third kappa shape index (κ3) is 2.22. The van der Waals surface area contributed by atoms with Crippen LogP contribution in [0.4, 0.5) is 0 Å². The summed E-state index contributed by atoms with van der Waals surface area (Å²) in [5.74, 6) is -0.251. The summed E-state index contributed by atoms with van der Waals surface area (Å²) < 4.78 is 30.9. The summed E-state index contributed by atoms with van der Waals surface area (Å²) in [5, 5.41) is 0. The minimum Gasteiger partial charge on any atom is -0.293 e. The lowest BCUT2D eigenvalue weighted by atomic mass is 10.2. The fourth-order valence-electron chi connectivity index (χ4n) is 1.62. The summed E-state index contributed by atoms with van der Waals surface area (Å²) >= 11 is 0. The van der Waals surface area contributed by atoms with E-state index in [4.69, 9.17) is 4.55 Å². The Bertz CT molecular complexity index is 753. The number of hydrogen-bond acceptors (Lipinski definition) is 5. The molecule has 0 atom stereocenters. The smallest absolute Gasteiger partial charge is 0.293 e. The molecule has 1 aromatic heterocycles. The molecule has 1 N–H and O–H groups in total. The van der Waals surface area contributed by atoms with Crippen molar-refractivity contribution in [2.24, 2.45) is 0 Å². The first kappa shape index (κ1) is 12.6.